The molecule has 8 heteroatoms. The van der Waals surface area contributed by atoms with E-state index in [2.05, 4.69) is 15.5 Å². The van der Waals surface area contributed by atoms with E-state index in [0.717, 1.165) is 17.3 Å². The van der Waals surface area contributed by atoms with Gasteiger partial charge in [-0.3, -0.25) is 4.68 Å². The summed E-state index contributed by atoms with van der Waals surface area (Å²) < 4.78 is 40.8. The van der Waals surface area contributed by atoms with Crippen LogP contribution in [0.2, 0.25) is 0 Å². The van der Waals surface area contributed by atoms with Crippen molar-refractivity contribution in [2.45, 2.75) is 39.5 Å². The van der Waals surface area contributed by atoms with E-state index >= 15 is 0 Å². The van der Waals surface area contributed by atoms with Crippen molar-refractivity contribution >= 4 is 0 Å². The summed E-state index contributed by atoms with van der Waals surface area (Å²) in [7, 11) is 1.69. The average Bonchev–Trinajstić information content (AvgIpc) is 2.90. The summed E-state index contributed by atoms with van der Waals surface area (Å²) in [5, 5.41) is 11.1. The Bertz CT molecular complexity index is 624. The molecule has 0 saturated carbocycles. The van der Waals surface area contributed by atoms with Gasteiger partial charge in [-0.15, -0.1) is 0 Å². The van der Waals surface area contributed by atoms with Gasteiger partial charge in [-0.25, -0.2) is 4.68 Å². The SMILES string of the molecule is Cc1nn(C)c(-n2ccc(C(F)(F)F)n2)c1CNC(C)C. The molecule has 0 unspecified atom stereocenters. The van der Waals surface area contributed by atoms with Gasteiger partial charge in [0.25, 0.3) is 0 Å². The van der Waals surface area contributed by atoms with E-state index < -0.39 is 11.9 Å². The van der Waals surface area contributed by atoms with E-state index in [0.29, 0.717) is 12.4 Å². The molecule has 2 heterocycles. The summed E-state index contributed by atoms with van der Waals surface area (Å²) >= 11 is 0. The number of hydrogen-bond donors (Lipinski definition) is 1. The molecule has 21 heavy (non-hydrogen) atoms. The fraction of sp³-hybridized carbons (Fsp3) is 0.538. The molecule has 2 rings (SSSR count). The van der Waals surface area contributed by atoms with Crippen molar-refractivity contribution < 1.29 is 13.2 Å². The van der Waals surface area contributed by atoms with Gasteiger partial charge in [0.1, 0.15) is 0 Å². The van der Waals surface area contributed by atoms with Gasteiger partial charge in [0, 0.05) is 31.4 Å². The lowest BCUT2D eigenvalue weighted by molar-refractivity contribution is -0.141. The predicted octanol–water partition coefficient (Wildman–Crippen LogP) is 2.43. The predicted molar refractivity (Wildman–Crippen MR) is 72.0 cm³/mol. The molecular formula is C13H18F3N5. The number of aromatic nitrogens is 4. The number of hydrogen-bond acceptors (Lipinski definition) is 3. The number of rotatable bonds is 4. The second kappa shape index (κ2) is 5.51. The van der Waals surface area contributed by atoms with Gasteiger partial charge < -0.3 is 5.32 Å². The minimum Gasteiger partial charge on any atom is -0.310 e. The largest absolute Gasteiger partial charge is 0.435 e. The number of nitrogens with zero attached hydrogens (tertiary/aromatic N) is 4. The van der Waals surface area contributed by atoms with Crippen molar-refractivity contribution in [2.75, 3.05) is 0 Å². The van der Waals surface area contributed by atoms with E-state index in [1.807, 2.05) is 20.8 Å². The van der Waals surface area contributed by atoms with E-state index in [1.54, 1.807) is 11.7 Å². The van der Waals surface area contributed by atoms with Crippen LogP contribution in [-0.2, 0) is 19.8 Å². The molecular weight excluding hydrogens is 283 g/mol. The zero-order valence-electron chi connectivity index (χ0n) is 12.4. The molecule has 0 aliphatic rings. The third-order valence-electron chi connectivity index (χ3n) is 3.10. The first-order valence-electron chi connectivity index (χ1n) is 6.59. The van der Waals surface area contributed by atoms with Crippen molar-refractivity contribution in [3.63, 3.8) is 0 Å². The lowest BCUT2D eigenvalue weighted by atomic mass is 10.2. The number of nitrogens with one attached hydrogen (secondary N) is 1. The second-order valence-electron chi connectivity index (χ2n) is 5.19. The Morgan fingerprint density at radius 2 is 1.95 bits per heavy atom. The highest BCUT2D eigenvalue weighted by Gasteiger charge is 2.34. The lowest BCUT2D eigenvalue weighted by Gasteiger charge is -2.10. The molecule has 0 aromatic carbocycles. The van der Waals surface area contributed by atoms with Crippen molar-refractivity contribution in [2.24, 2.45) is 7.05 Å². The summed E-state index contributed by atoms with van der Waals surface area (Å²) in [6.07, 6.45) is -3.15. The van der Waals surface area contributed by atoms with Gasteiger partial charge in [-0.05, 0) is 13.0 Å². The quantitative estimate of drug-likeness (QED) is 0.943. The molecule has 1 N–H and O–H groups in total. The lowest BCUT2D eigenvalue weighted by Crippen LogP contribution is -2.23. The summed E-state index contributed by atoms with van der Waals surface area (Å²) in [6, 6.07) is 1.22. The first-order chi connectivity index (χ1) is 9.70. The van der Waals surface area contributed by atoms with E-state index in [-0.39, 0.29) is 6.04 Å². The first kappa shape index (κ1) is 15.6. The van der Waals surface area contributed by atoms with Gasteiger partial charge in [-0.1, -0.05) is 13.8 Å². The fourth-order valence-electron chi connectivity index (χ4n) is 2.08. The number of halogens is 3. The average molecular weight is 301 g/mol. The molecule has 0 fully saturated rings. The number of alkyl halides is 3. The maximum atomic E-state index is 12.7. The molecule has 116 valence electrons. The summed E-state index contributed by atoms with van der Waals surface area (Å²) in [5.74, 6) is 0.538. The highest BCUT2D eigenvalue weighted by molar-refractivity contribution is 5.37. The molecule has 2 aromatic rings. The van der Waals surface area contributed by atoms with Crippen molar-refractivity contribution in [1.29, 1.82) is 0 Å². The molecule has 0 amide bonds. The summed E-state index contributed by atoms with van der Waals surface area (Å²) in [6.45, 7) is 6.35. The van der Waals surface area contributed by atoms with Gasteiger partial charge in [0.05, 0.1) is 5.69 Å². The Morgan fingerprint density at radius 3 is 2.48 bits per heavy atom. The highest BCUT2D eigenvalue weighted by atomic mass is 19.4. The summed E-state index contributed by atoms with van der Waals surface area (Å²) in [5.41, 5.74) is 0.692. The first-order valence-corrected chi connectivity index (χ1v) is 6.59. The van der Waals surface area contributed by atoms with Crippen molar-refractivity contribution in [3.05, 3.63) is 29.2 Å². The maximum Gasteiger partial charge on any atom is 0.435 e. The Kier molecular flexibility index (Phi) is 4.08. The van der Waals surface area contributed by atoms with Crippen LogP contribution in [0.4, 0.5) is 13.2 Å². The smallest absolute Gasteiger partial charge is 0.310 e. The minimum atomic E-state index is -4.45. The molecule has 0 atom stereocenters. The molecule has 0 aliphatic carbocycles. The van der Waals surface area contributed by atoms with Gasteiger partial charge in [0.15, 0.2) is 11.5 Å². The number of aryl methyl sites for hydroxylation is 2. The van der Waals surface area contributed by atoms with Gasteiger partial charge in [0.2, 0.25) is 0 Å². The third kappa shape index (κ3) is 3.26. The zero-order valence-corrected chi connectivity index (χ0v) is 12.4. The van der Waals surface area contributed by atoms with Crippen LogP contribution in [0, 0.1) is 6.92 Å². The Hall–Kier alpha value is -1.83. The van der Waals surface area contributed by atoms with E-state index in [9.17, 15) is 13.2 Å². The standard InChI is InChI=1S/C13H18F3N5/c1-8(2)17-7-10-9(3)18-20(4)12(10)21-6-5-11(19-21)13(14,15)16/h5-6,8,17H,7H2,1-4H3. The van der Waals surface area contributed by atoms with Crippen LogP contribution in [-0.4, -0.2) is 25.6 Å². The Balaban J connectivity index is 2.41. The zero-order chi connectivity index (χ0) is 15.8. The minimum absolute atomic E-state index is 0.265. The van der Waals surface area contributed by atoms with Crippen LogP contribution in [0.5, 0.6) is 0 Å². The van der Waals surface area contributed by atoms with Crippen LogP contribution in [0.15, 0.2) is 12.3 Å². The van der Waals surface area contributed by atoms with Crippen LogP contribution in [0.25, 0.3) is 5.82 Å². The van der Waals surface area contributed by atoms with Crippen LogP contribution < -0.4 is 5.32 Å². The highest BCUT2D eigenvalue weighted by Crippen LogP contribution is 2.28. The van der Waals surface area contributed by atoms with Crippen LogP contribution in [0.1, 0.15) is 30.8 Å². The third-order valence-corrected chi connectivity index (χ3v) is 3.10. The second-order valence-corrected chi connectivity index (χ2v) is 5.19. The van der Waals surface area contributed by atoms with Gasteiger partial charge in [-0.2, -0.15) is 23.4 Å². The molecule has 0 spiro atoms. The molecule has 5 nitrogen and oxygen atoms in total. The summed E-state index contributed by atoms with van der Waals surface area (Å²) in [4.78, 5) is 0. The fourth-order valence-corrected chi connectivity index (χ4v) is 2.08. The molecule has 0 radical (unpaired) electrons. The van der Waals surface area contributed by atoms with Crippen molar-refractivity contribution in [3.8, 4) is 5.82 Å². The van der Waals surface area contributed by atoms with Crippen molar-refractivity contribution in [1.82, 2.24) is 24.9 Å². The molecule has 0 saturated heterocycles. The Labute approximate surface area is 120 Å². The normalized spacial score (nSPS) is 12.4. The van der Waals surface area contributed by atoms with E-state index in [4.69, 9.17) is 0 Å². The topological polar surface area (TPSA) is 47.7 Å². The molecule has 0 aliphatic heterocycles. The maximum absolute atomic E-state index is 12.7. The van der Waals surface area contributed by atoms with Gasteiger partial charge >= 0.3 is 6.18 Å². The molecule has 2 aromatic heterocycles. The van der Waals surface area contributed by atoms with Crippen LogP contribution in [0.3, 0.4) is 0 Å². The Morgan fingerprint density at radius 1 is 1.29 bits per heavy atom. The van der Waals surface area contributed by atoms with Crippen LogP contribution >= 0.6 is 0 Å². The monoisotopic (exact) mass is 301 g/mol. The van der Waals surface area contributed by atoms with E-state index in [1.165, 1.54) is 10.9 Å². The molecule has 0 bridgehead atoms.